The quantitative estimate of drug-likeness (QED) is 0.355. The molecule has 0 radical (unpaired) electrons. The summed E-state index contributed by atoms with van der Waals surface area (Å²) >= 11 is 0. The van der Waals surface area contributed by atoms with Crippen molar-refractivity contribution in [2.45, 2.75) is 6.18 Å². The molecule has 36 heavy (non-hydrogen) atoms. The SMILES string of the molecule is NC(=O)c1nnc(-c2cc(Oc3cccc(/C=C/C(=O)Nc4cccc(C(F)(F)F)c4)c3)ccn2)o1. The Balaban J connectivity index is 1.43. The van der Waals surface area contributed by atoms with E-state index in [0.29, 0.717) is 17.1 Å². The molecule has 0 aliphatic carbocycles. The van der Waals surface area contributed by atoms with E-state index < -0.39 is 23.6 Å². The molecule has 2 aromatic heterocycles. The standard InChI is InChI=1S/C24H16F3N5O4/c25-24(26,27)15-4-2-5-16(12-15)30-20(33)8-7-14-3-1-6-17(11-14)35-18-9-10-29-19(13-18)22-31-32-23(36-22)21(28)34/h1-13H,(H2,28,34)(H,30,33)/b8-7+. The van der Waals surface area contributed by atoms with E-state index in [1.807, 2.05) is 0 Å². The van der Waals surface area contributed by atoms with Crippen LogP contribution in [0.2, 0.25) is 0 Å². The third-order valence-electron chi connectivity index (χ3n) is 4.56. The topological polar surface area (TPSA) is 133 Å². The molecule has 0 aliphatic rings. The number of hydrogen-bond donors (Lipinski definition) is 2. The van der Waals surface area contributed by atoms with Crippen molar-refractivity contribution < 1.29 is 31.9 Å². The molecule has 2 heterocycles. The van der Waals surface area contributed by atoms with Crippen LogP contribution in [-0.2, 0) is 11.0 Å². The smallest absolute Gasteiger partial charge is 0.416 e. The van der Waals surface area contributed by atoms with E-state index in [2.05, 4.69) is 20.5 Å². The summed E-state index contributed by atoms with van der Waals surface area (Å²) in [5.74, 6) is -1.03. The highest BCUT2D eigenvalue weighted by molar-refractivity contribution is 6.02. The van der Waals surface area contributed by atoms with Gasteiger partial charge in [-0.05, 0) is 48.0 Å². The van der Waals surface area contributed by atoms with Gasteiger partial charge < -0.3 is 20.2 Å². The molecule has 0 bridgehead atoms. The number of primary amides is 1. The van der Waals surface area contributed by atoms with E-state index >= 15 is 0 Å². The van der Waals surface area contributed by atoms with E-state index in [0.717, 1.165) is 12.1 Å². The van der Waals surface area contributed by atoms with Gasteiger partial charge in [0.15, 0.2) is 0 Å². The molecule has 4 aromatic rings. The number of nitrogens with one attached hydrogen (secondary N) is 1. The minimum Gasteiger partial charge on any atom is -0.457 e. The highest BCUT2D eigenvalue weighted by Gasteiger charge is 2.30. The molecule has 0 unspecified atom stereocenters. The molecule has 9 nitrogen and oxygen atoms in total. The molecule has 0 fully saturated rings. The number of anilines is 1. The first-order valence-corrected chi connectivity index (χ1v) is 10.2. The van der Waals surface area contributed by atoms with Crippen molar-refractivity contribution >= 4 is 23.6 Å². The van der Waals surface area contributed by atoms with Crippen molar-refractivity contribution in [3.63, 3.8) is 0 Å². The monoisotopic (exact) mass is 495 g/mol. The van der Waals surface area contributed by atoms with Crippen molar-refractivity contribution in [1.29, 1.82) is 0 Å². The minimum atomic E-state index is -4.51. The molecule has 0 atom stereocenters. The van der Waals surface area contributed by atoms with Crippen LogP contribution in [-0.4, -0.2) is 27.0 Å². The Morgan fingerprint density at radius 3 is 2.53 bits per heavy atom. The van der Waals surface area contributed by atoms with E-state index in [4.69, 9.17) is 14.9 Å². The van der Waals surface area contributed by atoms with Gasteiger partial charge in [-0.25, -0.2) is 0 Å². The van der Waals surface area contributed by atoms with Gasteiger partial charge in [0.05, 0.1) is 5.56 Å². The second kappa shape index (κ2) is 10.1. The van der Waals surface area contributed by atoms with Crippen LogP contribution in [0.3, 0.4) is 0 Å². The lowest BCUT2D eigenvalue weighted by Crippen LogP contribution is -2.10. The van der Waals surface area contributed by atoms with E-state index in [-0.39, 0.29) is 23.2 Å². The third kappa shape index (κ3) is 6.11. The van der Waals surface area contributed by atoms with Gasteiger partial charge in [-0.3, -0.25) is 14.6 Å². The maximum Gasteiger partial charge on any atom is 0.416 e. The summed E-state index contributed by atoms with van der Waals surface area (Å²) in [5, 5.41) is 9.65. The minimum absolute atomic E-state index is 0.0160. The lowest BCUT2D eigenvalue weighted by molar-refractivity contribution is -0.137. The maximum atomic E-state index is 12.8. The van der Waals surface area contributed by atoms with Crippen molar-refractivity contribution in [3.8, 4) is 23.1 Å². The summed E-state index contributed by atoms with van der Waals surface area (Å²) in [6.45, 7) is 0. The average Bonchev–Trinajstić information content (AvgIpc) is 3.34. The van der Waals surface area contributed by atoms with Crippen molar-refractivity contribution in [2.75, 3.05) is 5.32 Å². The maximum absolute atomic E-state index is 12.8. The van der Waals surface area contributed by atoms with Crippen LogP contribution in [0.15, 0.2) is 77.4 Å². The fraction of sp³-hybridized carbons (Fsp3) is 0.0417. The Labute approximate surface area is 201 Å². The van der Waals surface area contributed by atoms with Gasteiger partial charge in [0.1, 0.15) is 17.2 Å². The Bertz CT molecular complexity index is 1450. The molecule has 0 saturated heterocycles. The number of carbonyl (C=O) groups excluding carboxylic acids is 2. The largest absolute Gasteiger partial charge is 0.457 e. The zero-order chi connectivity index (χ0) is 25.7. The first kappa shape index (κ1) is 24.1. The summed E-state index contributed by atoms with van der Waals surface area (Å²) in [5.41, 5.74) is 5.12. The number of pyridine rings is 1. The summed E-state index contributed by atoms with van der Waals surface area (Å²) in [4.78, 5) is 27.4. The molecule has 12 heteroatoms. The lowest BCUT2D eigenvalue weighted by Gasteiger charge is -2.09. The number of alkyl halides is 3. The van der Waals surface area contributed by atoms with E-state index in [1.54, 1.807) is 30.3 Å². The van der Waals surface area contributed by atoms with Crippen LogP contribution in [0, 0.1) is 0 Å². The Morgan fingerprint density at radius 2 is 1.78 bits per heavy atom. The molecule has 0 saturated carbocycles. The van der Waals surface area contributed by atoms with E-state index in [1.165, 1.54) is 36.5 Å². The van der Waals surface area contributed by atoms with Crippen LogP contribution in [0.25, 0.3) is 17.7 Å². The second-order valence-electron chi connectivity index (χ2n) is 7.23. The number of aromatic nitrogens is 3. The number of benzene rings is 2. The molecule has 2 aromatic carbocycles. The molecule has 3 N–H and O–H groups in total. The summed E-state index contributed by atoms with van der Waals surface area (Å²) in [6.07, 6.45) is -0.390. The first-order chi connectivity index (χ1) is 17.2. The van der Waals surface area contributed by atoms with Crippen LogP contribution >= 0.6 is 0 Å². The van der Waals surface area contributed by atoms with Gasteiger partial charge in [-0.2, -0.15) is 13.2 Å². The molecule has 2 amide bonds. The lowest BCUT2D eigenvalue weighted by atomic mass is 10.2. The van der Waals surface area contributed by atoms with Gasteiger partial charge >= 0.3 is 18.0 Å². The highest BCUT2D eigenvalue weighted by Crippen LogP contribution is 2.31. The number of rotatable bonds is 7. The molecule has 182 valence electrons. The van der Waals surface area contributed by atoms with Gasteiger partial charge in [-0.15, -0.1) is 10.2 Å². The molecule has 4 rings (SSSR count). The Hall–Kier alpha value is -5.00. The number of ether oxygens (including phenoxy) is 1. The Kier molecular flexibility index (Phi) is 6.77. The summed E-state index contributed by atoms with van der Waals surface area (Å²) < 4.78 is 49.5. The average molecular weight is 495 g/mol. The molecule has 0 spiro atoms. The number of nitrogens with zero attached hydrogens (tertiary/aromatic N) is 3. The Morgan fingerprint density at radius 1 is 1.00 bits per heavy atom. The predicted octanol–water partition coefficient (Wildman–Crippen LogP) is 4.69. The first-order valence-electron chi connectivity index (χ1n) is 10.2. The summed E-state index contributed by atoms with van der Waals surface area (Å²) in [7, 11) is 0. The van der Waals surface area contributed by atoms with Crippen molar-refractivity contribution in [2.24, 2.45) is 5.73 Å². The predicted molar refractivity (Wildman–Crippen MR) is 122 cm³/mol. The van der Waals surface area contributed by atoms with Crippen molar-refractivity contribution in [1.82, 2.24) is 15.2 Å². The number of hydrogen-bond acceptors (Lipinski definition) is 7. The number of nitrogens with two attached hydrogens (primary N) is 1. The van der Waals surface area contributed by atoms with Gasteiger partial charge in [0.25, 0.3) is 5.89 Å². The molecular weight excluding hydrogens is 479 g/mol. The van der Waals surface area contributed by atoms with Crippen LogP contribution in [0.1, 0.15) is 21.8 Å². The zero-order valence-corrected chi connectivity index (χ0v) is 18.2. The second-order valence-corrected chi connectivity index (χ2v) is 7.23. The van der Waals surface area contributed by atoms with Crippen LogP contribution in [0.5, 0.6) is 11.5 Å². The molecular formula is C24H16F3N5O4. The fourth-order valence-electron chi connectivity index (χ4n) is 2.96. The summed E-state index contributed by atoms with van der Waals surface area (Å²) in [6, 6.07) is 14.2. The number of carbonyl (C=O) groups is 2. The van der Waals surface area contributed by atoms with Gasteiger partial charge in [0.2, 0.25) is 5.91 Å². The fourth-order valence-corrected chi connectivity index (χ4v) is 2.96. The number of amides is 2. The van der Waals surface area contributed by atoms with Crippen molar-refractivity contribution in [3.05, 3.63) is 90.0 Å². The highest BCUT2D eigenvalue weighted by atomic mass is 19.4. The van der Waals surface area contributed by atoms with Gasteiger partial charge in [0, 0.05) is 24.0 Å². The van der Waals surface area contributed by atoms with Gasteiger partial charge in [-0.1, -0.05) is 18.2 Å². The number of halogens is 3. The zero-order valence-electron chi connectivity index (χ0n) is 18.2. The third-order valence-corrected chi connectivity index (χ3v) is 4.56. The van der Waals surface area contributed by atoms with E-state index in [9.17, 15) is 22.8 Å². The normalized spacial score (nSPS) is 11.4. The van der Waals surface area contributed by atoms with Crippen LogP contribution in [0.4, 0.5) is 18.9 Å². The molecule has 0 aliphatic heterocycles. The van der Waals surface area contributed by atoms with Crippen LogP contribution < -0.4 is 15.8 Å².